The Bertz CT molecular complexity index is 244. The third-order valence-electron chi connectivity index (χ3n) is 3.07. The molecule has 110 valence electrons. The largest absolute Gasteiger partial charge is 0.463 e. The summed E-state index contributed by atoms with van der Waals surface area (Å²) in [6.07, 6.45) is 18.2. The minimum atomic E-state index is -0.317. The number of ether oxygens (including phenoxy) is 1. The Labute approximate surface area is 118 Å². The van der Waals surface area contributed by atoms with E-state index in [-0.39, 0.29) is 5.97 Å². The van der Waals surface area contributed by atoms with Crippen molar-refractivity contribution in [3.8, 4) is 0 Å². The van der Waals surface area contributed by atoms with Crippen LogP contribution in [0, 0.1) is 0 Å². The van der Waals surface area contributed by atoms with Gasteiger partial charge < -0.3 is 4.74 Å². The van der Waals surface area contributed by atoms with Crippen molar-refractivity contribution < 1.29 is 9.53 Å². The maximum atomic E-state index is 10.8. The van der Waals surface area contributed by atoms with Crippen molar-refractivity contribution >= 4 is 5.97 Å². The van der Waals surface area contributed by atoms with E-state index < -0.39 is 0 Å². The lowest BCUT2D eigenvalue weighted by Crippen LogP contribution is -2.01. The number of carbonyl (C=O) groups is 1. The molecule has 0 aliphatic carbocycles. The molecule has 0 heterocycles. The predicted octanol–water partition coefficient (Wildman–Crippen LogP) is 5.19. The van der Waals surface area contributed by atoms with Crippen LogP contribution in [-0.4, -0.2) is 12.6 Å². The Morgan fingerprint density at radius 3 is 2.11 bits per heavy atom. The van der Waals surface area contributed by atoms with E-state index in [0.29, 0.717) is 6.61 Å². The number of unbranched alkanes of at least 4 members (excludes halogenated alkanes) is 8. The first-order chi connectivity index (χ1) is 9.31. The van der Waals surface area contributed by atoms with Crippen molar-refractivity contribution in [2.24, 2.45) is 0 Å². The Morgan fingerprint density at radius 1 is 0.947 bits per heavy atom. The summed E-state index contributed by atoms with van der Waals surface area (Å²) >= 11 is 0. The van der Waals surface area contributed by atoms with E-state index in [4.69, 9.17) is 4.74 Å². The molecule has 0 aliphatic heterocycles. The second-order valence-electron chi connectivity index (χ2n) is 4.90. The summed E-state index contributed by atoms with van der Waals surface area (Å²) < 4.78 is 4.91. The fourth-order valence-electron chi connectivity index (χ4n) is 1.87. The van der Waals surface area contributed by atoms with E-state index in [1.165, 1.54) is 51.0 Å². The zero-order valence-electron chi connectivity index (χ0n) is 12.5. The van der Waals surface area contributed by atoms with Gasteiger partial charge in [-0.1, -0.05) is 51.3 Å². The molecular formula is C17H30O2. The average molecular weight is 266 g/mol. The van der Waals surface area contributed by atoms with Crippen molar-refractivity contribution in [2.45, 2.75) is 71.1 Å². The number of hydrogen-bond donors (Lipinski definition) is 0. The lowest BCUT2D eigenvalue weighted by molar-refractivity contribution is -0.137. The van der Waals surface area contributed by atoms with Crippen LogP contribution in [0.1, 0.15) is 71.1 Å². The first-order valence-electron chi connectivity index (χ1n) is 7.75. The van der Waals surface area contributed by atoms with Crippen LogP contribution in [0.2, 0.25) is 0 Å². The molecule has 0 aliphatic rings. The van der Waals surface area contributed by atoms with Crippen LogP contribution in [0.15, 0.2) is 24.8 Å². The topological polar surface area (TPSA) is 26.3 Å². The normalized spacial score (nSPS) is 10.8. The maximum absolute atomic E-state index is 10.8. The van der Waals surface area contributed by atoms with Gasteiger partial charge in [0, 0.05) is 6.08 Å². The van der Waals surface area contributed by atoms with Gasteiger partial charge in [-0.25, -0.2) is 4.79 Å². The van der Waals surface area contributed by atoms with Crippen LogP contribution in [-0.2, 0) is 9.53 Å². The van der Waals surface area contributed by atoms with E-state index in [1.54, 1.807) is 0 Å². The van der Waals surface area contributed by atoms with Crippen molar-refractivity contribution in [2.75, 3.05) is 6.61 Å². The Kier molecular flexibility index (Phi) is 14.2. The molecular weight excluding hydrogens is 236 g/mol. The molecule has 0 spiro atoms. The summed E-state index contributed by atoms with van der Waals surface area (Å²) in [5.74, 6) is -0.317. The molecule has 0 saturated carbocycles. The van der Waals surface area contributed by atoms with Gasteiger partial charge in [-0.3, -0.25) is 0 Å². The van der Waals surface area contributed by atoms with E-state index >= 15 is 0 Å². The van der Waals surface area contributed by atoms with E-state index in [0.717, 1.165) is 19.3 Å². The molecule has 0 rings (SSSR count). The van der Waals surface area contributed by atoms with E-state index in [1.807, 2.05) is 0 Å². The number of rotatable bonds is 13. The Balaban J connectivity index is 3.12. The lowest BCUT2D eigenvalue weighted by Gasteiger charge is -2.00. The standard InChI is InChI=1S/C17H30O2/c1-3-5-6-7-8-9-10-11-12-13-14-15-16-19-17(18)4-2/h4,10-11H,2-3,5-9,12-16H2,1H3/b11-10+. The van der Waals surface area contributed by atoms with Crippen LogP contribution >= 0.6 is 0 Å². The molecule has 0 aromatic heterocycles. The molecule has 0 amide bonds. The summed E-state index contributed by atoms with van der Waals surface area (Å²) in [6, 6.07) is 0. The van der Waals surface area contributed by atoms with Gasteiger partial charge in [0.25, 0.3) is 0 Å². The van der Waals surface area contributed by atoms with Crippen molar-refractivity contribution in [1.29, 1.82) is 0 Å². The molecule has 0 radical (unpaired) electrons. The maximum Gasteiger partial charge on any atom is 0.330 e. The van der Waals surface area contributed by atoms with Gasteiger partial charge in [0.1, 0.15) is 0 Å². The molecule has 0 unspecified atom stereocenters. The quantitative estimate of drug-likeness (QED) is 0.198. The number of esters is 1. The van der Waals surface area contributed by atoms with Gasteiger partial charge in [-0.15, -0.1) is 0 Å². The third kappa shape index (κ3) is 14.9. The highest BCUT2D eigenvalue weighted by Crippen LogP contribution is 2.06. The molecule has 0 saturated heterocycles. The van der Waals surface area contributed by atoms with Gasteiger partial charge in [0.15, 0.2) is 0 Å². The van der Waals surface area contributed by atoms with Gasteiger partial charge in [0.05, 0.1) is 6.61 Å². The van der Waals surface area contributed by atoms with Crippen LogP contribution < -0.4 is 0 Å². The van der Waals surface area contributed by atoms with E-state index in [2.05, 4.69) is 25.7 Å². The molecule has 0 aromatic rings. The molecule has 19 heavy (non-hydrogen) atoms. The SMILES string of the molecule is C=CC(=O)OCCCCC/C=C/CCCCCCC. The Morgan fingerprint density at radius 2 is 1.53 bits per heavy atom. The molecule has 0 N–H and O–H groups in total. The second kappa shape index (κ2) is 15.0. The zero-order chi connectivity index (χ0) is 14.2. The lowest BCUT2D eigenvalue weighted by atomic mass is 10.1. The molecule has 0 atom stereocenters. The third-order valence-corrected chi connectivity index (χ3v) is 3.07. The van der Waals surface area contributed by atoms with Crippen molar-refractivity contribution in [3.63, 3.8) is 0 Å². The highest BCUT2D eigenvalue weighted by Gasteiger charge is 1.94. The molecule has 2 heteroatoms. The summed E-state index contributed by atoms with van der Waals surface area (Å²) in [6.45, 7) is 6.13. The van der Waals surface area contributed by atoms with Crippen LogP contribution in [0.3, 0.4) is 0 Å². The molecule has 0 aromatic carbocycles. The van der Waals surface area contributed by atoms with Gasteiger partial charge >= 0.3 is 5.97 Å². The monoisotopic (exact) mass is 266 g/mol. The minimum absolute atomic E-state index is 0.317. The number of carbonyl (C=O) groups excluding carboxylic acids is 1. The Hall–Kier alpha value is -1.05. The smallest absolute Gasteiger partial charge is 0.330 e. The summed E-state index contributed by atoms with van der Waals surface area (Å²) in [4.78, 5) is 10.8. The fraction of sp³-hybridized carbons (Fsp3) is 0.706. The van der Waals surface area contributed by atoms with Crippen LogP contribution in [0.25, 0.3) is 0 Å². The molecule has 0 fully saturated rings. The highest BCUT2D eigenvalue weighted by atomic mass is 16.5. The van der Waals surface area contributed by atoms with Crippen LogP contribution in [0.4, 0.5) is 0 Å². The number of hydrogen-bond acceptors (Lipinski definition) is 2. The van der Waals surface area contributed by atoms with Crippen molar-refractivity contribution in [1.82, 2.24) is 0 Å². The first kappa shape index (κ1) is 17.9. The summed E-state index contributed by atoms with van der Waals surface area (Å²) in [5, 5.41) is 0. The van der Waals surface area contributed by atoms with Gasteiger partial charge in [-0.2, -0.15) is 0 Å². The van der Waals surface area contributed by atoms with E-state index in [9.17, 15) is 4.79 Å². The second-order valence-corrected chi connectivity index (χ2v) is 4.90. The fourth-order valence-corrected chi connectivity index (χ4v) is 1.87. The van der Waals surface area contributed by atoms with Gasteiger partial charge in [-0.05, 0) is 38.5 Å². The minimum Gasteiger partial charge on any atom is -0.463 e. The van der Waals surface area contributed by atoms with Crippen LogP contribution in [0.5, 0.6) is 0 Å². The average Bonchev–Trinajstić information content (AvgIpc) is 2.43. The summed E-state index contributed by atoms with van der Waals surface area (Å²) in [7, 11) is 0. The molecule has 2 nitrogen and oxygen atoms in total. The predicted molar refractivity (Wildman–Crippen MR) is 82.1 cm³/mol. The van der Waals surface area contributed by atoms with Gasteiger partial charge in [0.2, 0.25) is 0 Å². The van der Waals surface area contributed by atoms with Crippen molar-refractivity contribution in [3.05, 3.63) is 24.8 Å². The molecule has 0 bridgehead atoms. The highest BCUT2D eigenvalue weighted by molar-refractivity contribution is 5.81. The number of allylic oxidation sites excluding steroid dienone is 2. The first-order valence-corrected chi connectivity index (χ1v) is 7.75. The zero-order valence-corrected chi connectivity index (χ0v) is 12.5. The summed E-state index contributed by atoms with van der Waals surface area (Å²) in [5.41, 5.74) is 0.